The Labute approximate surface area is 140 Å². The highest BCUT2D eigenvalue weighted by atomic mass is 79.9. The van der Waals surface area contributed by atoms with Crippen LogP contribution in [0.25, 0.3) is 0 Å². The molecule has 2 rings (SSSR count). The summed E-state index contributed by atoms with van der Waals surface area (Å²) in [6.45, 7) is 1.92. The van der Waals surface area contributed by atoms with Crippen molar-refractivity contribution < 1.29 is 4.74 Å². The predicted octanol–water partition coefficient (Wildman–Crippen LogP) is 5.33. The summed E-state index contributed by atoms with van der Waals surface area (Å²) in [5.74, 6) is 0.622. The lowest BCUT2D eigenvalue weighted by molar-refractivity contribution is 0.180. The van der Waals surface area contributed by atoms with E-state index in [9.17, 15) is 0 Å². The zero-order chi connectivity index (χ0) is 14.7. The van der Waals surface area contributed by atoms with Crippen LogP contribution >= 0.6 is 43.5 Å². The van der Waals surface area contributed by atoms with Crippen LogP contribution in [-0.2, 0) is 0 Å². The van der Waals surface area contributed by atoms with Crippen LogP contribution in [0.5, 0.6) is 5.75 Å². The summed E-state index contributed by atoms with van der Waals surface area (Å²) in [6, 6.07) is 13.3. The number of rotatable bonds is 4. The van der Waals surface area contributed by atoms with Gasteiger partial charge in [0.1, 0.15) is 11.9 Å². The fraction of sp³-hybridized carbons (Fsp3) is 0.200. The summed E-state index contributed by atoms with van der Waals surface area (Å²) in [7, 11) is 0. The van der Waals surface area contributed by atoms with Gasteiger partial charge in [0.05, 0.1) is 5.02 Å². The van der Waals surface area contributed by atoms with Crippen molar-refractivity contribution in [2.75, 3.05) is 0 Å². The smallest absolute Gasteiger partial charge is 0.139 e. The van der Waals surface area contributed by atoms with Gasteiger partial charge in [-0.2, -0.15) is 0 Å². The van der Waals surface area contributed by atoms with Crippen molar-refractivity contribution in [3.8, 4) is 5.75 Å². The summed E-state index contributed by atoms with van der Waals surface area (Å²) in [6.07, 6.45) is -0.258. The van der Waals surface area contributed by atoms with Crippen LogP contribution in [0.15, 0.2) is 51.4 Å². The zero-order valence-electron chi connectivity index (χ0n) is 10.8. The average Bonchev–Trinajstić information content (AvgIpc) is 2.37. The Morgan fingerprint density at radius 3 is 2.40 bits per heavy atom. The van der Waals surface area contributed by atoms with E-state index in [0.29, 0.717) is 10.8 Å². The van der Waals surface area contributed by atoms with Crippen LogP contribution in [0, 0.1) is 0 Å². The number of halogens is 3. The van der Waals surface area contributed by atoms with Gasteiger partial charge >= 0.3 is 0 Å². The molecule has 0 heterocycles. The molecule has 0 saturated carbocycles. The first-order valence-corrected chi connectivity index (χ1v) is 8.06. The molecule has 0 bridgehead atoms. The predicted molar refractivity (Wildman–Crippen MR) is 90.3 cm³/mol. The van der Waals surface area contributed by atoms with Gasteiger partial charge in [-0.25, -0.2) is 0 Å². The first kappa shape index (κ1) is 15.8. The van der Waals surface area contributed by atoms with Crippen LogP contribution in [-0.4, -0.2) is 6.04 Å². The molecule has 0 fully saturated rings. The second-order valence-electron chi connectivity index (χ2n) is 4.53. The number of nitrogens with two attached hydrogens (primary N) is 1. The lowest BCUT2D eigenvalue weighted by atomic mass is 10.0. The molecule has 2 aromatic rings. The second-order valence-corrected chi connectivity index (χ2v) is 6.77. The second kappa shape index (κ2) is 6.94. The summed E-state index contributed by atoms with van der Waals surface area (Å²) in [4.78, 5) is 0. The number of ether oxygens (including phenoxy) is 1. The Hall–Kier alpha value is -0.550. The van der Waals surface area contributed by atoms with Crippen LogP contribution in [0.1, 0.15) is 18.6 Å². The van der Waals surface area contributed by atoms with E-state index in [1.807, 2.05) is 43.3 Å². The van der Waals surface area contributed by atoms with Crippen LogP contribution < -0.4 is 10.5 Å². The minimum atomic E-state index is -0.258. The van der Waals surface area contributed by atoms with E-state index >= 15 is 0 Å². The van der Waals surface area contributed by atoms with E-state index in [2.05, 4.69) is 31.9 Å². The largest absolute Gasteiger partial charge is 0.483 e. The first-order valence-electron chi connectivity index (χ1n) is 6.10. The molecule has 5 heteroatoms. The molecule has 2 unspecified atom stereocenters. The van der Waals surface area contributed by atoms with Crippen LogP contribution in [0.4, 0.5) is 0 Å². The van der Waals surface area contributed by atoms with Crippen molar-refractivity contribution in [2.24, 2.45) is 5.73 Å². The van der Waals surface area contributed by atoms with E-state index in [1.165, 1.54) is 0 Å². The molecular weight excluding hydrogens is 405 g/mol. The molecule has 0 aliphatic carbocycles. The third kappa shape index (κ3) is 3.98. The standard InChI is InChI=1S/C15H14Br2ClNO/c1-9(19)15(10-3-2-4-11(16)7-10)20-14-6-5-12(17)8-13(14)18/h2-9,15H,19H2,1H3. The van der Waals surface area contributed by atoms with E-state index in [4.69, 9.17) is 22.1 Å². The fourth-order valence-electron chi connectivity index (χ4n) is 1.87. The summed E-state index contributed by atoms with van der Waals surface area (Å²) >= 11 is 13.0. The van der Waals surface area contributed by atoms with Crippen molar-refractivity contribution >= 4 is 43.5 Å². The molecule has 0 aliphatic rings. The molecule has 0 aliphatic heterocycles. The maximum Gasteiger partial charge on any atom is 0.139 e. The van der Waals surface area contributed by atoms with E-state index in [1.54, 1.807) is 6.07 Å². The molecule has 0 saturated heterocycles. The Bertz CT molecular complexity index is 604. The highest BCUT2D eigenvalue weighted by Crippen LogP contribution is 2.33. The third-order valence-corrected chi connectivity index (χ3v) is 4.08. The van der Waals surface area contributed by atoms with Crippen molar-refractivity contribution in [2.45, 2.75) is 19.1 Å². The van der Waals surface area contributed by atoms with Crippen LogP contribution in [0.3, 0.4) is 0 Å². The monoisotopic (exact) mass is 417 g/mol. The molecule has 0 spiro atoms. The Balaban J connectivity index is 2.30. The molecule has 2 aromatic carbocycles. The molecule has 0 radical (unpaired) electrons. The molecular formula is C15H14Br2ClNO. The quantitative estimate of drug-likeness (QED) is 0.727. The van der Waals surface area contributed by atoms with Gasteiger partial charge in [0.25, 0.3) is 0 Å². The highest BCUT2D eigenvalue weighted by molar-refractivity contribution is 9.10. The van der Waals surface area contributed by atoms with Gasteiger partial charge in [0, 0.05) is 15.0 Å². The molecule has 2 atom stereocenters. The van der Waals surface area contributed by atoms with Crippen molar-refractivity contribution in [3.05, 3.63) is 62.0 Å². The minimum Gasteiger partial charge on any atom is -0.483 e. The normalized spacial score (nSPS) is 13.8. The van der Waals surface area contributed by atoms with Gasteiger partial charge < -0.3 is 10.5 Å². The number of hydrogen-bond acceptors (Lipinski definition) is 2. The maximum absolute atomic E-state index is 6.19. The summed E-state index contributed by atoms with van der Waals surface area (Å²) in [5.41, 5.74) is 7.06. The van der Waals surface area contributed by atoms with Gasteiger partial charge in [-0.05, 0) is 42.8 Å². The Morgan fingerprint density at radius 2 is 1.80 bits per heavy atom. The van der Waals surface area contributed by atoms with Crippen molar-refractivity contribution in [1.29, 1.82) is 0 Å². The highest BCUT2D eigenvalue weighted by Gasteiger charge is 2.19. The summed E-state index contributed by atoms with van der Waals surface area (Å²) in [5, 5.41) is 0.556. The number of benzene rings is 2. The maximum atomic E-state index is 6.19. The van der Waals surface area contributed by atoms with E-state index in [0.717, 1.165) is 14.5 Å². The van der Waals surface area contributed by atoms with Crippen molar-refractivity contribution in [1.82, 2.24) is 0 Å². The lowest BCUT2D eigenvalue weighted by Crippen LogP contribution is -2.29. The first-order chi connectivity index (χ1) is 9.47. The summed E-state index contributed by atoms with van der Waals surface area (Å²) < 4.78 is 7.91. The Morgan fingerprint density at radius 1 is 1.10 bits per heavy atom. The molecule has 0 aromatic heterocycles. The Kier molecular flexibility index (Phi) is 5.49. The fourth-order valence-corrected chi connectivity index (χ4v) is 3.00. The average molecular weight is 420 g/mol. The van der Waals surface area contributed by atoms with Gasteiger partial charge in [-0.3, -0.25) is 0 Å². The molecule has 106 valence electrons. The molecule has 2 nitrogen and oxygen atoms in total. The van der Waals surface area contributed by atoms with E-state index < -0.39 is 0 Å². The topological polar surface area (TPSA) is 35.2 Å². The molecule has 20 heavy (non-hydrogen) atoms. The van der Waals surface area contributed by atoms with Gasteiger partial charge in [-0.1, -0.05) is 55.6 Å². The lowest BCUT2D eigenvalue weighted by Gasteiger charge is -2.23. The van der Waals surface area contributed by atoms with Gasteiger partial charge in [0.15, 0.2) is 0 Å². The van der Waals surface area contributed by atoms with Gasteiger partial charge in [-0.15, -0.1) is 0 Å². The zero-order valence-corrected chi connectivity index (χ0v) is 14.7. The van der Waals surface area contributed by atoms with Gasteiger partial charge in [0.2, 0.25) is 0 Å². The molecule has 0 amide bonds. The SMILES string of the molecule is CC(N)C(Oc1ccc(Br)cc1Cl)c1cccc(Br)c1. The van der Waals surface area contributed by atoms with E-state index in [-0.39, 0.29) is 12.1 Å². The minimum absolute atomic E-state index is 0.163. The number of hydrogen-bond donors (Lipinski definition) is 1. The van der Waals surface area contributed by atoms with Crippen LogP contribution in [0.2, 0.25) is 5.02 Å². The van der Waals surface area contributed by atoms with Crippen molar-refractivity contribution in [3.63, 3.8) is 0 Å². The molecule has 2 N–H and O–H groups in total. The third-order valence-electron chi connectivity index (χ3n) is 2.80.